The molecule has 22 heavy (non-hydrogen) atoms. The van der Waals surface area contributed by atoms with Gasteiger partial charge in [-0.25, -0.2) is 9.59 Å². The Morgan fingerprint density at radius 1 is 1.05 bits per heavy atom. The van der Waals surface area contributed by atoms with E-state index in [0.29, 0.717) is 11.3 Å². The predicted octanol–water partition coefficient (Wildman–Crippen LogP) is 2.48. The highest BCUT2D eigenvalue weighted by Gasteiger charge is 2.08. The molecular weight excluding hydrogens is 284 g/mol. The van der Waals surface area contributed by atoms with E-state index in [4.69, 9.17) is 10.8 Å². The monoisotopic (exact) mass is 302 g/mol. The molecular formula is C16H18N2O4. The zero-order chi connectivity index (χ0) is 16.5. The summed E-state index contributed by atoms with van der Waals surface area (Å²) in [6.45, 7) is 0. The van der Waals surface area contributed by atoms with Gasteiger partial charge in [0.05, 0.1) is 18.2 Å². The molecule has 0 saturated carbocycles. The number of nitrogens with two attached hydrogens (primary N) is 1. The zero-order valence-corrected chi connectivity index (χ0v) is 12.4. The Morgan fingerprint density at radius 3 is 2.05 bits per heavy atom. The van der Waals surface area contributed by atoms with Crippen LogP contribution in [-0.2, 0) is 4.74 Å². The summed E-state index contributed by atoms with van der Waals surface area (Å²) in [5.41, 5.74) is 7.14. The maximum Gasteiger partial charge on any atom is 0.339 e. The molecule has 0 amide bonds. The van der Waals surface area contributed by atoms with E-state index in [0.717, 1.165) is 5.69 Å². The summed E-state index contributed by atoms with van der Waals surface area (Å²) in [5.74, 6) is -1.31. The fraction of sp³-hybridized carbons (Fsp3) is 0.125. The van der Waals surface area contributed by atoms with Crippen LogP contribution >= 0.6 is 0 Å². The van der Waals surface area contributed by atoms with E-state index in [1.165, 1.54) is 13.2 Å². The summed E-state index contributed by atoms with van der Waals surface area (Å²) in [6, 6.07) is 13.6. The van der Waals surface area contributed by atoms with Gasteiger partial charge >= 0.3 is 11.9 Å². The van der Waals surface area contributed by atoms with E-state index < -0.39 is 5.97 Å². The second-order valence-electron chi connectivity index (χ2n) is 4.18. The molecule has 2 rings (SSSR count). The zero-order valence-electron chi connectivity index (χ0n) is 12.4. The normalized spacial score (nSPS) is 9.18. The van der Waals surface area contributed by atoms with Crippen molar-refractivity contribution >= 4 is 23.3 Å². The quantitative estimate of drug-likeness (QED) is 0.594. The van der Waals surface area contributed by atoms with E-state index in [9.17, 15) is 9.59 Å². The Hall–Kier alpha value is -3.02. The molecule has 0 radical (unpaired) electrons. The van der Waals surface area contributed by atoms with Crippen LogP contribution in [-0.4, -0.2) is 31.2 Å². The molecule has 116 valence electrons. The number of ether oxygens (including phenoxy) is 1. The van der Waals surface area contributed by atoms with Crippen molar-refractivity contribution in [1.29, 1.82) is 0 Å². The van der Waals surface area contributed by atoms with Crippen molar-refractivity contribution in [3.8, 4) is 0 Å². The average molecular weight is 302 g/mol. The number of para-hydroxylation sites is 2. The lowest BCUT2D eigenvalue weighted by atomic mass is 10.2. The number of hydrogen-bond donors (Lipinski definition) is 3. The number of carbonyl (C=O) groups is 2. The van der Waals surface area contributed by atoms with Crippen LogP contribution in [0.25, 0.3) is 0 Å². The number of methoxy groups -OCH3 is 1. The van der Waals surface area contributed by atoms with Gasteiger partial charge in [0, 0.05) is 18.4 Å². The standard InChI is InChI=1S/C9H11NO2.C7H7NO2/c1-10-8-6-4-3-5-7(8)9(11)12-2;8-6-4-2-1-3-5(6)7(9)10/h3-6,10H,1-2H3;1-4H,8H2,(H,9,10). The highest BCUT2D eigenvalue weighted by Crippen LogP contribution is 2.14. The summed E-state index contributed by atoms with van der Waals surface area (Å²) >= 11 is 0. The Morgan fingerprint density at radius 2 is 1.59 bits per heavy atom. The Bertz CT molecular complexity index is 656. The number of carbonyl (C=O) groups excluding carboxylic acids is 1. The Balaban J connectivity index is 0.000000224. The third kappa shape index (κ3) is 4.52. The second kappa shape index (κ2) is 8.31. The lowest BCUT2D eigenvalue weighted by Crippen LogP contribution is -2.04. The number of carboxylic acid groups (broad SMARTS) is 1. The molecule has 0 atom stereocenters. The van der Waals surface area contributed by atoms with Crippen LogP contribution in [0.15, 0.2) is 48.5 Å². The molecule has 0 spiro atoms. The third-order valence-electron chi connectivity index (χ3n) is 2.79. The molecule has 0 unspecified atom stereocenters. The first-order valence-electron chi connectivity index (χ1n) is 6.44. The first kappa shape index (κ1) is 17.0. The van der Waals surface area contributed by atoms with Gasteiger partial charge in [-0.3, -0.25) is 0 Å². The number of carboxylic acids is 1. The first-order valence-corrected chi connectivity index (χ1v) is 6.44. The highest BCUT2D eigenvalue weighted by atomic mass is 16.5. The van der Waals surface area contributed by atoms with Crippen molar-refractivity contribution in [1.82, 2.24) is 0 Å². The smallest absolute Gasteiger partial charge is 0.339 e. The molecule has 0 fully saturated rings. The van der Waals surface area contributed by atoms with Gasteiger partial charge in [-0.05, 0) is 24.3 Å². The summed E-state index contributed by atoms with van der Waals surface area (Å²) in [5, 5.41) is 11.4. The SMILES string of the molecule is CNc1ccccc1C(=O)OC.Nc1ccccc1C(=O)O. The van der Waals surface area contributed by atoms with Crippen LogP contribution in [0.4, 0.5) is 11.4 Å². The summed E-state index contributed by atoms with van der Waals surface area (Å²) < 4.78 is 4.60. The van der Waals surface area contributed by atoms with Crippen molar-refractivity contribution < 1.29 is 19.4 Å². The van der Waals surface area contributed by atoms with Gasteiger partial charge in [-0.2, -0.15) is 0 Å². The number of aromatic carboxylic acids is 1. The molecule has 6 nitrogen and oxygen atoms in total. The largest absolute Gasteiger partial charge is 0.478 e. The van der Waals surface area contributed by atoms with Gasteiger partial charge < -0.3 is 20.9 Å². The van der Waals surface area contributed by atoms with Crippen LogP contribution in [0.1, 0.15) is 20.7 Å². The molecule has 4 N–H and O–H groups in total. The lowest BCUT2D eigenvalue weighted by Gasteiger charge is -2.05. The van der Waals surface area contributed by atoms with Crippen LogP contribution in [0.3, 0.4) is 0 Å². The van der Waals surface area contributed by atoms with Gasteiger partial charge in [0.25, 0.3) is 0 Å². The molecule has 0 aromatic heterocycles. The number of esters is 1. The molecule has 0 bridgehead atoms. The molecule has 2 aromatic rings. The van der Waals surface area contributed by atoms with Crippen molar-refractivity contribution in [3.05, 3.63) is 59.7 Å². The number of nitrogen functional groups attached to an aromatic ring is 1. The lowest BCUT2D eigenvalue weighted by molar-refractivity contribution is 0.0601. The fourth-order valence-corrected chi connectivity index (χ4v) is 1.68. The second-order valence-corrected chi connectivity index (χ2v) is 4.18. The first-order chi connectivity index (χ1) is 10.5. The minimum atomic E-state index is -0.988. The number of anilines is 2. The Labute approximate surface area is 128 Å². The minimum Gasteiger partial charge on any atom is -0.478 e. The van der Waals surface area contributed by atoms with Crippen molar-refractivity contribution in [2.24, 2.45) is 0 Å². The van der Waals surface area contributed by atoms with Crippen LogP contribution in [0, 0.1) is 0 Å². The number of benzene rings is 2. The van der Waals surface area contributed by atoms with Gasteiger partial charge in [-0.1, -0.05) is 24.3 Å². The van der Waals surface area contributed by atoms with Gasteiger partial charge in [0.1, 0.15) is 0 Å². The van der Waals surface area contributed by atoms with Gasteiger partial charge in [0.2, 0.25) is 0 Å². The predicted molar refractivity (Wildman–Crippen MR) is 85.1 cm³/mol. The summed E-state index contributed by atoms with van der Waals surface area (Å²) in [6.07, 6.45) is 0. The summed E-state index contributed by atoms with van der Waals surface area (Å²) in [7, 11) is 3.14. The average Bonchev–Trinajstić information content (AvgIpc) is 2.54. The molecule has 0 aliphatic heterocycles. The van der Waals surface area contributed by atoms with E-state index >= 15 is 0 Å². The number of nitrogens with one attached hydrogen (secondary N) is 1. The fourth-order valence-electron chi connectivity index (χ4n) is 1.68. The summed E-state index contributed by atoms with van der Waals surface area (Å²) in [4.78, 5) is 21.5. The Kier molecular flexibility index (Phi) is 6.43. The van der Waals surface area contributed by atoms with Crippen molar-refractivity contribution in [2.75, 3.05) is 25.2 Å². The molecule has 2 aromatic carbocycles. The molecule has 6 heteroatoms. The third-order valence-corrected chi connectivity index (χ3v) is 2.79. The van der Waals surface area contributed by atoms with E-state index in [1.54, 1.807) is 37.4 Å². The van der Waals surface area contributed by atoms with Gasteiger partial charge in [0.15, 0.2) is 0 Å². The molecule has 0 heterocycles. The van der Waals surface area contributed by atoms with Crippen LogP contribution in [0.5, 0.6) is 0 Å². The molecule has 0 aliphatic rings. The van der Waals surface area contributed by atoms with Crippen LogP contribution in [0.2, 0.25) is 0 Å². The maximum absolute atomic E-state index is 11.1. The van der Waals surface area contributed by atoms with Crippen molar-refractivity contribution in [2.45, 2.75) is 0 Å². The molecule has 0 saturated heterocycles. The minimum absolute atomic E-state index is 0.155. The van der Waals surface area contributed by atoms with E-state index in [-0.39, 0.29) is 11.5 Å². The van der Waals surface area contributed by atoms with Gasteiger partial charge in [-0.15, -0.1) is 0 Å². The van der Waals surface area contributed by atoms with E-state index in [1.807, 2.05) is 12.1 Å². The number of rotatable bonds is 3. The highest BCUT2D eigenvalue weighted by molar-refractivity contribution is 5.95. The topological polar surface area (TPSA) is 102 Å². The number of hydrogen-bond acceptors (Lipinski definition) is 5. The van der Waals surface area contributed by atoms with E-state index in [2.05, 4.69) is 10.1 Å². The molecule has 0 aliphatic carbocycles. The maximum atomic E-state index is 11.1. The van der Waals surface area contributed by atoms with Crippen molar-refractivity contribution in [3.63, 3.8) is 0 Å². The van der Waals surface area contributed by atoms with Crippen LogP contribution < -0.4 is 11.1 Å².